The Kier molecular flexibility index (Phi) is 10.5. The summed E-state index contributed by atoms with van der Waals surface area (Å²) in [6, 6.07) is 14.1. The molecule has 11 heteroatoms. The summed E-state index contributed by atoms with van der Waals surface area (Å²) in [5.74, 6) is 1.47. The van der Waals surface area contributed by atoms with Crippen molar-refractivity contribution in [3.63, 3.8) is 0 Å². The van der Waals surface area contributed by atoms with E-state index in [0.717, 1.165) is 54.3 Å². The second-order valence-corrected chi connectivity index (χ2v) is 12.2. The first-order chi connectivity index (χ1) is 20.7. The number of alkyl halides is 3. The van der Waals surface area contributed by atoms with Crippen LogP contribution in [-0.2, 0) is 19.3 Å². The fraction of sp³-hybridized carbons (Fsp3) is 0.438. The molecule has 0 bridgehead atoms. The third-order valence-corrected chi connectivity index (χ3v) is 8.83. The molecule has 1 aliphatic carbocycles. The maximum atomic E-state index is 14.0. The summed E-state index contributed by atoms with van der Waals surface area (Å²) >= 11 is 1.85. The topological polar surface area (TPSA) is 72.5 Å². The molecule has 1 aliphatic heterocycles. The lowest BCUT2D eigenvalue weighted by molar-refractivity contribution is -0.137. The van der Waals surface area contributed by atoms with Crippen LogP contribution >= 0.6 is 11.8 Å². The molecule has 0 radical (unpaired) electrons. The minimum atomic E-state index is -4.46. The van der Waals surface area contributed by atoms with Crippen molar-refractivity contribution in [3.8, 4) is 11.6 Å². The molecule has 1 saturated carbocycles. The molecular formula is C32H35F4N3O3S. The van der Waals surface area contributed by atoms with E-state index in [1.165, 1.54) is 6.07 Å². The number of halogens is 4. The first kappa shape index (κ1) is 31.1. The van der Waals surface area contributed by atoms with Crippen LogP contribution in [0.25, 0.3) is 0 Å². The molecule has 2 fully saturated rings. The molecule has 0 atom stereocenters. The van der Waals surface area contributed by atoms with Gasteiger partial charge in [0.2, 0.25) is 5.88 Å². The number of pyridine rings is 1. The molecular weight excluding hydrogens is 582 g/mol. The van der Waals surface area contributed by atoms with Gasteiger partial charge >= 0.3 is 6.18 Å². The third-order valence-electron chi connectivity index (χ3n) is 7.78. The van der Waals surface area contributed by atoms with Gasteiger partial charge in [-0.1, -0.05) is 30.3 Å². The zero-order valence-corrected chi connectivity index (χ0v) is 24.5. The van der Waals surface area contributed by atoms with Gasteiger partial charge in [0, 0.05) is 24.2 Å². The molecule has 1 saturated heterocycles. The van der Waals surface area contributed by atoms with E-state index in [-0.39, 0.29) is 42.8 Å². The van der Waals surface area contributed by atoms with Crippen LogP contribution in [0.5, 0.6) is 11.6 Å². The maximum Gasteiger partial charge on any atom is 0.416 e. The quantitative estimate of drug-likeness (QED) is 0.241. The fourth-order valence-corrected chi connectivity index (χ4v) is 6.43. The number of rotatable bonds is 10. The molecule has 1 amide bonds. The highest BCUT2D eigenvalue weighted by Crippen LogP contribution is 2.33. The molecule has 3 aromatic rings. The maximum absolute atomic E-state index is 14.0. The van der Waals surface area contributed by atoms with Gasteiger partial charge < -0.3 is 20.1 Å². The van der Waals surface area contributed by atoms with E-state index in [1.54, 1.807) is 0 Å². The number of benzene rings is 2. The summed E-state index contributed by atoms with van der Waals surface area (Å²) in [7, 11) is 0. The molecule has 6 nitrogen and oxygen atoms in total. The van der Waals surface area contributed by atoms with Gasteiger partial charge in [0.1, 0.15) is 29.8 Å². The van der Waals surface area contributed by atoms with Crippen LogP contribution in [0.4, 0.5) is 17.6 Å². The van der Waals surface area contributed by atoms with Gasteiger partial charge in [-0.05, 0) is 79.9 Å². The van der Waals surface area contributed by atoms with Crippen molar-refractivity contribution >= 4 is 17.7 Å². The SMILES string of the molecule is O=C(NC1CCC(NCc2cc(C(F)(F)F)ccc2OCc2ccccc2)CC1)c1cc(F)cnc1OC1CCSCC1. The molecule has 2 aromatic carbocycles. The van der Waals surface area contributed by atoms with Crippen LogP contribution in [0.15, 0.2) is 60.8 Å². The molecule has 230 valence electrons. The van der Waals surface area contributed by atoms with Crippen LogP contribution in [0.1, 0.15) is 65.6 Å². The van der Waals surface area contributed by atoms with Crippen LogP contribution < -0.4 is 20.1 Å². The third kappa shape index (κ3) is 8.86. The van der Waals surface area contributed by atoms with E-state index < -0.39 is 23.5 Å². The molecule has 1 aromatic heterocycles. The number of nitrogens with zero attached hydrogens (tertiary/aromatic N) is 1. The average molecular weight is 618 g/mol. The second-order valence-electron chi connectivity index (χ2n) is 10.9. The van der Waals surface area contributed by atoms with Gasteiger partial charge in [0.05, 0.1) is 11.8 Å². The van der Waals surface area contributed by atoms with Gasteiger partial charge in [0.25, 0.3) is 5.91 Å². The van der Waals surface area contributed by atoms with Crippen molar-refractivity contribution in [1.82, 2.24) is 15.6 Å². The lowest BCUT2D eigenvalue weighted by Crippen LogP contribution is -2.42. The summed E-state index contributed by atoms with van der Waals surface area (Å²) in [6.07, 6.45) is 1.02. The highest BCUT2D eigenvalue weighted by Gasteiger charge is 2.31. The van der Waals surface area contributed by atoms with E-state index in [4.69, 9.17) is 9.47 Å². The van der Waals surface area contributed by atoms with Crippen molar-refractivity contribution in [3.05, 3.63) is 88.9 Å². The van der Waals surface area contributed by atoms with Crippen molar-refractivity contribution < 1.29 is 31.8 Å². The van der Waals surface area contributed by atoms with E-state index in [0.29, 0.717) is 37.0 Å². The molecule has 0 spiro atoms. The first-order valence-electron chi connectivity index (χ1n) is 14.6. The summed E-state index contributed by atoms with van der Waals surface area (Å²) in [4.78, 5) is 17.2. The molecule has 2 aliphatic rings. The van der Waals surface area contributed by atoms with Crippen molar-refractivity contribution in [2.45, 2.75) is 76.0 Å². The second kappa shape index (κ2) is 14.4. The molecule has 2 heterocycles. The Balaban J connectivity index is 1.16. The zero-order valence-electron chi connectivity index (χ0n) is 23.7. The molecule has 2 N–H and O–H groups in total. The Labute approximate surface area is 253 Å². The van der Waals surface area contributed by atoms with Gasteiger partial charge in [-0.25, -0.2) is 9.37 Å². The molecule has 0 unspecified atom stereocenters. The van der Waals surface area contributed by atoms with Gasteiger partial charge in [-0.15, -0.1) is 0 Å². The van der Waals surface area contributed by atoms with Gasteiger partial charge in [0.15, 0.2) is 0 Å². The molecule has 43 heavy (non-hydrogen) atoms. The van der Waals surface area contributed by atoms with Gasteiger partial charge in [-0.3, -0.25) is 4.79 Å². The number of carbonyl (C=O) groups is 1. The summed E-state index contributed by atoms with van der Waals surface area (Å²) in [5, 5.41) is 6.38. The Bertz CT molecular complexity index is 1360. The normalized spacial score (nSPS) is 19.5. The predicted molar refractivity (Wildman–Crippen MR) is 158 cm³/mol. The van der Waals surface area contributed by atoms with Crippen molar-refractivity contribution in [2.75, 3.05) is 11.5 Å². The van der Waals surface area contributed by atoms with E-state index in [9.17, 15) is 22.4 Å². The first-order valence-corrected chi connectivity index (χ1v) is 15.7. The Morgan fingerprint density at radius 3 is 2.40 bits per heavy atom. The number of hydrogen-bond donors (Lipinski definition) is 2. The van der Waals surface area contributed by atoms with E-state index >= 15 is 0 Å². The largest absolute Gasteiger partial charge is 0.489 e. The Morgan fingerprint density at radius 1 is 0.953 bits per heavy atom. The Hall–Kier alpha value is -3.31. The van der Waals surface area contributed by atoms with E-state index in [2.05, 4.69) is 15.6 Å². The van der Waals surface area contributed by atoms with E-state index in [1.807, 2.05) is 42.1 Å². The minimum Gasteiger partial charge on any atom is -0.489 e. The number of amides is 1. The zero-order chi connectivity index (χ0) is 30.2. The monoisotopic (exact) mass is 617 g/mol. The summed E-state index contributed by atoms with van der Waals surface area (Å²) in [5.41, 5.74) is 0.720. The number of thioether (sulfide) groups is 1. The smallest absolute Gasteiger partial charge is 0.416 e. The average Bonchev–Trinajstić information content (AvgIpc) is 3.01. The standard InChI is InChI=1S/C32H35F4N3O3S/c33-24-17-28(31(38-19-24)42-27-12-14-43-15-13-27)30(40)39-26-9-7-25(8-10-26)37-18-22-16-23(32(34,35)36)6-11-29(22)41-20-21-4-2-1-3-5-21/h1-6,11,16-17,19,25-27,37H,7-10,12-15,18,20H2,(H,39,40). The number of carbonyl (C=O) groups excluding carboxylic acids is 1. The minimum absolute atomic E-state index is 0.0478. The number of hydrogen-bond acceptors (Lipinski definition) is 6. The van der Waals surface area contributed by atoms with Crippen LogP contribution in [0, 0.1) is 5.82 Å². The summed E-state index contributed by atoms with van der Waals surface area (Å²) < 4.78 is 66.2. The number of ether oxygens (including phenoxy) is 2. The number of nitrogens with one attached hydrogen (secondary N) is 2. The number of aromatic nitrogens is 1. The Morgan fingerprint density at radius 2 is 1.67 bits per heavy atom. The molecule has 5 rings (SSSR count). The lowest BCUT2D eigenvalue weighted by Gasteiger charge is -2.30. The van der Waals surface area contributed by atoms with Crippen molar-refractivity contribution in [2.24, 2.45) is 0 Å². The highest BCUT2D eigenvalue weighted by atomic mass is 32.2. The fourth-order valence-electron chi connectivity index (χ4n) is 5.36. The van der Waals surface area contributed by atoms with Crippen molar-refractivity contribution in [1.29, 1.82) is 0 Å². The summed E-state index contributed by atoms with van der Waals surface area (Å²) in [6.45, 7) is 0.461. The predicted octanol–water partition coefficient (Wildman–Crippen LogP) is 6.92. The van der Waals surface area contributed by atoms with Crippen LogP contribution in [0.2, 0.25) is 0 Å². The van der Waals surface area contributed by atoms with Gasteiger partial charge in [-0.2, -0.15) is 24.9 Å². The van der Waals surface area contributed by atoms with Crippen LogP contribution in [-0.4, -0.2) is 40.6 Å². The van der Waals surface area contributed by atoms with Crippen LogP contribution in [0.3, 0.4) is 0 Å². The lowest BCUT2D eigenvalue weighted by atomic mass is 9.90. The highest BCUT2D eigenvalue weighted by molar-refractivity contribution is 7.99.